The van der Waals surface area contributed by atoms with Crippen LogP contribution < -0.4 is 5.73 Å². The first-order valence-corrected chi connectivity index (χ1v) is 5.13. The molecule has 0 radical (unpaired) electrons. The molecule has 2 rings (SSSR count). The topological polar surface area (TPSA) is 56.2 Å². The van der Waals surface area contributed by atoms with Crippen LogP contribution in [-0.2, 0) is 0 Å². The highest BCUT2D eigenvalue weighted by atomic mass is 15.3. The monoisotopic (exact) mass is 204 g/mol. The van der Waals surface area contributed by atoms with Crippen molar-refractivity contribution in [3.05, 3.63) is 23.0 Å². The molecule has 4 nitrogen and oxygen atoms in total. The van der Waals surface area contributed by atoms with Gasteiger partial charge in [0, 0.05) is 17.0 Å². The van der Waals surface area contributed by atoms with Crippen molar-refractivity contribution in [3.8, 4) is 0 Å². The van der Waals surface area contributed by atoms with E-state index < -0.39 is 0 Å². The van der Waals surface area contributed by atoms with Crippen LogP contribution >= 0.6 is 0 Å². The average Bonchev–Trinajstić information content (AvgIpc) is 2.41. The summed E-state index contributed by atoms with van der Waals surface area (Å²) in [6.07, 6.45) is 0. The molecule has 4 heteroatoms. The van der Waals surface area contributed by atoms with Crippen molar-refractivity contribution in [2.75, 3.05) is 5.73 Å². The molecule has 2 N–H and O–H groups in total. The first-order valence-electron chi connectivity index (χ1n) is 5.13. The summed E-state index contributed by atoms with van der Waals surface area (Å²) in [5, 5.41) is 4.31. The third-order valence-corrected chi connectivity index (χ3v) is 2.54. The van der Waals surface area contributed by atoms with Gasteiger partial charge in [-0.3, -0.25) is 0 Å². The zero-order valence-corrected chi connectivity index (χ0v) is 9.57. The Hall–Kier alpha value is -1.58. The summed E-state index contributed by atoms with van der Waals surface area (Å²) in [5.74, 6) is 0.933. The van der Waals surface area contributed by atoms with Crippen LogP contribution in [0, 0.1) is 13.8 Å². The van der Waals surface area contributed by atoms with Gasteiger partial charge in [0.05, 0.1) is 0 Å². The van der Waals surface area contributed by atoms with Crippen LogP contribution in [0.3, 0.4) is 0 Å². The molecule has 0 aliphatic rings. The minimum Gasteiger partial charge on any atom is -0.382 e. The van der Waals surface area contributed by atoms with Gasteiger partial charge in [0.25, 0.3) is 0 Å². The van der Waals surface area contributed by atoms with Gasteiger partial charge in [0.2, 0.25) is 0 Å². The van der Waals surface area contributed by atoms with E-state index in [1.54, 1.807) is 0 Å². The number of nitrogen functional groups attached to an aromatic ring is 1. The number of rotatable bonds is 1. The predicted octanol–water partition coefficient (Wildman–Crippen LogP) is 2.05. The second-order valence-corrected chi connectivity index (χ2v) is 4.23. The molecule has 0 fully saturated rings. The van der Waals surface area contributed by atoms with Crippen LogP contribution in [0.15, 0.2) is 6.07 Å². The van der Waals surface area contributed by atoms with Crippen LogP contribution in [0.1, 0.15) is 36.7 Å². The number of aryl methyl sites for hydroxylation is 2. The summed E-state index contributed by atoms with van der Waals surface area (Å²) in [6.45, 7) is 8.21. The molecule has 2 aromatic rings. The average molecular weight is 204 g/mol. The molecule has 0 atom stereocenters. The summed E-state index contributed by atoms with van der Waals surface area (Å²) in [7, 11) is 0. The minimum absolute atomic E-state index is 0.344. The SMILES string of the molecule is Cc1cc(C)n2nc(N)c(C(C)C)c2n1. The van der Waals surface area contributed by atoms with Crippen molar-refractivity contribution < 1.29 is 0 Å². The fourth-order valence-corrected chi connectivity index (χ4v) is 1.91. The highest BCUT2D eigenvalue weighted by molar-refractivity contribution is 5.61. The Morgan fingerprint density at radius 3 is 2.60 bits per heavy atom. The predicted molar refractivity (Wildman–Crippen MR) is 61.0 cm³/mol. The molecule has 80 valence electrons. The maximum absolute atomic E-state index is 5.90. The summed E-state index contributed by atoms with van der Waals surface area (Å²) < 4.78 is 1.82. The second kappa shape index (κ2) is 3.22. The molecule has 0 amide bonds. The van der Waals surface area contributed by atoms with E-state index in [0.29, 0.717) is 11.7 Å². The molecule has 0 aromatic carbocycles. The lowest BCUT2D eigenvalue weighted by Gasteiger charge is -2.04. The van der Waals surface area contributed by atoms with Crippen LogP contribution in [0.5, 0.6) is 0 Å². The fourth-order valence-electron chi connectivity index (χ4n) is 1.91. The molecule has 0 unspecified atom stereocenters. The Morgan fingerprint density at radius 2 is 2.00 bits per heavy atom. The number of hydrogen-bond donors (Lipinski definition) is 1. The molecule has 0 spiro atoms. The van der Waals surface area contributed by atoms with Gasteiger partial charge in [-0.15, -0.1) is 5.10 Å². The van der Waals surface area contributed by atoms with E-state index in [9.17, 15) is 0 Å². The summed E-state index contributed by atoms with van der Waals surface area (Å²) in [5.41, 5.74) is 9.90. The van der Waals surface area contributed by atoms with Crippen LogP contribution in [0.4, 0.5) is 5.82 Å². The van der Waals surface area contributed by atoms with Crippen LogP contribution in [0.25, 0.3) is 5.65 Å². The molecule has 0 aliphatic heterocycles. The van der Waals surface area contributed by atoms with Crippen molar-refractivity contribution in [1.82, 2.24) is 14.6 Å². The minimum atomic E-state index is 0.344. The Balaban J connectivity index is 2.86. The Labute approximate surface area is 89.1 Å². The smallest absolute Gasteiger partial charge is 0.161 e. The number of anilines is 1. The van der Waals surface area contributed by atoms with Gasteiger partial charge >= 0.3 is 0 Å². The molecule has 0 saturated carbocycles. The van der Waals surface area contributed by atoms with E-state index >= 15 is 0 Å². The van der Waals surface area contributed by atoms with Crippen LogP contribution in [0.2, 0.25) is 0 Å². The maximum Gasteiger partial charge on any atom is 0.161 e. The summed E-state index contributed by atoms with van der Waals surface area (Å²) >= 11 is 0. The largest absolute Gasteiger partial charge is 0.382 e. The van der Waals surface area contributed by atoms with Gasteiger partial charge in [-0.25, -0.2) is 9.50 Å². The molecular weight excluding hydrogens is 188 g/mol. The molecule has 0 saturated heterocycles. The standard InChI is InChI=1S/C11H16N4/c1-6(2)9-10(12)14-15-8(4)5-7(3)13-11(9)15/h5-6H,1-4H3,(H2,12,14). The molecular formula is C11H16N4. The molecule has 2 heterocycles. The first kappa shape index (κ1) is 9.96. The van der Waals surface area contributed by atoms with Gasteiger partial charge in [0.15, 0.2) is 11.5 Å². The third-order valence-electron chi connectivity index (χ3n) is 2.54. The lowest BCUT2D eigenvalue weighted by Crippen LogP contribution is -1.98. The van der Waals surface area contributed by atoms with Gasteiger partial charge in [-0.1, -0.05) is 13.8 Å². The number of nitrogens with zero attached hydrogens (tertiary/aromatic N) is 3. The van der Waals surface area contributed by atoms with Crippen molar-refractivity contribution in [3.63, 3.8) is 0 Å². The van der Waals surface area contributed by atoms with Gasteiger partial charge in [0.1, 0.15) is 0 Å². The lowest BCUT2D eigenvalue weighted by molar-refractivity contribution is 0.866. The summed E-state index contributed by atoms with van der Waals surface area (Å²) in [4.78, 5) is 4.50. The van der Waals surface area contributed by atoms with Crippen LogP contribution in [-0.4, -0.2) is 14.6 Å². The fraction of sp³-hybridized carbons (Fsp3) is 0.455. The van der Waals surface area contributed by atoms with E-state index in [1.165, 1.54) is 0 Å². The normalized spacial score (nSPS) is 11.5. The van der Waals surface area contributed by atoms with E-state index in [0.717, 1.165) is 22.6 Å². The number of aromatic nitrogens is 3. The van der Waals surface area contributed by atoms with Gasteiger partial charge in [-0.05, 0) is 25.8 Å². The Morgan fingerprint density at radius 1 is 1.33 bits per heavy atom. The Bertz CT molecular complexity index is 511. The highest BCUT2D eigenvalue weighted by Crippen LogP contribution is 2.25. The second-order valence-electron chi connectivity index (χ2n) is 4.23. The van der Waals surface area contributed by atoms with Crippen molar-refractivity contribution in [2.45, 2.75) is 33.6 Å². The zero-order valence-electron chi connectivity index (χ0n) is 9.57. The van der Waals surface area contributed by atoms with E-state index in [2.05, 4.69) is 23.9 Å². The number of hydrogen-bond acceptors (Lipinski definition) is 3. The molecule has 15 heavy (non-hydrogen) atoms. The van der Waals surface area contributed by atoms with Gasteiger partial charge < -0.3 is 5.73 Å². The lowest BCUT2D eigenvalue weighted by atomic mass is 10.1. The zero-order chi connectivity index (χ0) is 11.2. The van der Waals surface area contributed by atoms with Crippen molar-refractivity contribution in [1.29, 1.82) is 0 Å². The number of nitrogens with two attached hydrogens (primary N) is 1. The highest BCUT2D eigenvalue weighted by Gasteiger charge is 2.15. The molecule has 2 aromatic heterocycles. The quantitative estimate of drug-likeness (QED) is 0.773. The summed E-state index contributed by atoms with van der Waals surface area (Å²) in [6, 6.07) is 2.00. The first-order chi connectivity index (χ1) is 7.00. The van der Waals surface area contributed by atoms with Crippen molar-refractivity contribution >= 4 is 11.5 Å². The Kier molecular flexibility index (Phi) is 2.14. The van der Waals surface area contributed by atoms with E-state index in [-0.39, 0.29) is 0 Å². The molecule has 0 bridgehead atoms. The number of fused-ring (bicyclic) bond motifs is 1. The van der Waals surface area contributed by atoms with Gasteiger partial charge in [-0.2, -0.15) is 0 Å². The van der Waals surface area contributed by atoms with Crippen molar-refractivity contribution in [2.24, 2.45) is 0 Å². The van der Waals surface area contributed by atoms with E-state index in [1.807, 2.05) is 24.4 Å². The maximum atomic E-state index is 5.90. The van der Waals surface area contributed by atoms with E-state index in [4.69, 9.17) is 5.73 Å². The third kappa shape index (κ3) is 1.46. The molecule has 0 aliphatic carbocycles.